The summed E-state index contributed by atoms with van der Waals surface area (Å²) in [6.45, 7) is 3.76. The molecule has 168 valence electrons. The van der Waals surface area contributed by atoms with Crippen LogP contribution >= 0.6 is 0 Å². The number of alkyl halides is 2. The fourth-order valence-corrected chi connectivity index (χ4v) is 5.56. The van der Waals surface area contributed by atoms with Crippen LogP contribution in [-0.2, 0) is 0 Å². The van der Waals surface area contributed by atoms with Gasteiger partial charge in [0.05, 0.1) is 29.8 Å². The Bertz CT molecular complexity index is 1120. The van der Waals surface area contributed by atoms with E-state index in [1.807, 2.05) is 19.9 Å². The number of phenols is 1. The molecule has 2 aliphatic carbocycles. The molecule has 0 saturated heterocycles. The summed E-state index contributed by atoms with van der Waals surface area (Å²) in [5.41, 5.74) is -0.00791. The van der Waals surface area contributed by atoms with Gasteiger partial charge in [0, 0.05) is 36.3 Å². The number of nitrogens with zero attached hydrogens (tertiary/aromatic N) is 6. The van der Waals surface area contributed by atoms with Crippen LogP contribution in [0.2, 0.25) is 0 Å². The molecule has 5 atom stereocenters. The summed E-state index contributed by atoms with van der Waals surface area (Å²) in [5, 5.41) is 18.9. The molecule has 32 heavy (non-hydrogen) atoms. The van der Waals surface area contributed by atoms with Gasteiger partial charge in [0.1, 0.15) is 18.1 Å². The quantitative estimate of drug-likeness (QED) is 0.657. The lowest BCUT2D eigenvalue weighted by Gasteiger charge is -2.46. The second-order valence-electron chi connectivity index (χ2n) is 9.75. The van der Waals surface area contributed by atoms with Crippen molar-refractivity contribution >= 4 is 5.82 Å². The van der Waals surface area contributed by atoms with E-state index in [1.54, 1.807) is 47.4 Å². The predicted octanol–water partition coefficient (Wildman–Crippen LogP) is 4.12. The lowest BCUT2D eigenvalue weighted by atomic mass is 9.67. The van der Waals surface area contributed by atoms with Gasteiger partial charge in [-0.15, -0.1) is 10.2 Å². The van der Waals surface area contributed by atoms with Gasteiger partial charge >= 0.3 is 0 Å². The zero-order valence-corrected chi connectivity index (χ0v) is 18.3. The molecular weight excluding hydrogens is 414 g/mol. The number of phenolic OH excluding ortho intramolecular Hbond substituents is 1. The average Bonchev–Trinajstić information content (AvgIpc) is 3.37. The van der Waals surface area contributed by atoms with E-state index in [0.717, 1.165) is 5.69 Å². The van der Waals surface area contributed by atoms with Crippen molar-refractivity contribution in [3.8, 4) is 22.8 Å². The Hall–Kier alpha value is -3.10. The van der Waals surface area contributed by atoms with Crippen LogP contribution in [-0.4, -0.2) is 55.3 Å². The number of aromatic hydroxyl groups is 1. The number of benzene rings is 1. The van der Waals surface area contributed by atoms with Gasteiger partial charge < -0.3 is 14.6 Å². The summed E-state index contributed by atoms with van der Waals surface area (Å²) in [6, 6.07) is 4.63. The molecule has 7 nitrogen and oxygen atoms in total. The van der Waals surface area contributed by atoms with E-state index < -0.39 is 29.2 Å². The molecule has 0 radical (unpaired) electrons. The Morgan fingerprint density at radius 2 is 1.97 bits per heavy atom. The highest BCUT2D eigenvalue weighted by atomic mass is 19.1. The molecule has 5 rings (SSSR count). The van der Waals surface area contributed by atoms with Crippen LogP contribution in [0.25, 0.3) is 17.1 Å². The van der Waals surface area contributed by atoms with Crippen molar-refractivity contribution in [2.75, 3.05) is 11.9 Å². The molecule has 3 aromatic rings. The number of aromatic nitrogens is 5. The van der Waals surface area contributed by atoms with E-state index in [4.69, 9.17) is 0 Å². The van der Waals surface area contributed by atoms with Gasteiger partial charge in [-0.3, -0.25) is 0 Å². The van der Waals surface area contributed by atoms with Crippen molar-refractivity contribution in [1.82, 2.24) is 24.7 Å². The molecule has 2 aliphatic rings. The third-order valence-corrected chi connectivity index (χ3v) is 7.32. The fraction of sp³-hybridized carbons (Fsp3) is 0.478. The third-order valence-electron chi connectivity index (χ3n) is 7.32. The minimum absolute atomic E-state index is 0.0154. The molecule has 9 heteroatoms. The normalized spacial score (nSPS) is 31.6. The van der Waals surface area contributed by atoms with E-state index >= 15 is 4.39 Å². The summed E-state index contributed by atoms with van der Waals surface area (Å²) >= 11 is 0. The molecule has 1 aromatic carbocycles. The standard InChI is InChI=1S/C23H26F2N6O/c1-22-9-16(20(25)23(2,12-22)10-18(22)24)30(3)19-11-27-21(29-28-19)15-5-4-14(8-17(15)32)31-7-6-26-13-31/h4-8,11,13,16,18,20,32H,9-10,12H2,1-3H3/t16-,18+,20+,22-,23-/m1/s1. The first-order valence-corrected chi connectivity index (χ1v) is 10.7. The van der Waals surface area contributed by atoms with Gasteiger partial charge in [0.25, 0.3) is 0 Å². The van der Waals surface area contributed by atoms with Gasteiger partial charge in [0.2, 0.25) is 0 Å². The van der Waals surface area contributed by atoms with Gasteiger partial charge in [-0.25, -0.2) is 18.7 Å². The first kappa shape index (κ1) is 20.8. The van der Waals surface area contributed by atoms with Crippen LogP contribution in [0.5, 0.6) is 5.75 Å². The number of rotatable bonds is 4. The lowest BCUT2D eigenvalue weighted by Crippen LogP contribution is -2.52. The number of hydrogen-bond acceptors (Lipinski definition) is 6. The largest absolute Gasteiger partial charge is 0.507 e. The third kappa shape index (κ3) is 3.22. The summed E-state index contributed by atoms with van der Waals surface area (Å²) in [4.78, 5) is 10.1. The Morgan fingerprint density at radius 3 is 2.62 bits per heavy atom. The zero-order chi connectivity index (χ0) is 22.7. The first-order chi connectivity index (χ1) is 15.2. The average molecular weight is 440 g/mol. The maximum absolute atomic E-state index is 15.4. The molecule has 0 amide bonds. The molecule has 2 fully saturated rings. The van der Waals surface area contributed by atoms with Crippen LogP contribution in [0.4, 0.5) is 14.6 Å². The van der Waals surface area contributed by atoms with Crippen molar-refractivity contribution in [2.24, 2.45) is 10.8 Å². The Kier molecular flexibility index (Phi) is 4.69. The maximum Gasteiger partial charge on any atom is 0.185 e. The molecule has 0 spiro atoms. The van der Waals surface area contributed by atoms with E-state index in [1.165, 1.54) is 6.20 Å². The Balaban J connectivity index is 1.38. The Morgan fingerprint density at radius 1 is 1.16 bits per heavy atom. The monoisotopic (exact) mass is 440 g/mol. The number of fused-ring (bicyclic) bond motifs is 2. The van der Waals surface area contributed by atoms with E-state index in [2.05, 4.69) is 20.2 Å². The number of halogens is 2. The first-order valence-electron chi connectivity index (χ1n) is 10.7. The van der Waals surface area contributed by atoms with Crippen molar-refractivity contribution < 1.29 is 13.9 Å². The second-order valence-corrected chi connectivity index (χ2v) is 9.75. The highest BCUT2D eigenvalue weighted by Gasteiger charge is 2.61. The number of hydrogen-bond donors (Lipinski definition) is 1. The minimum atomic E-state index is -1.16. The lowest BCUT2D eigenvalue weighted by molar-refractivity contribution is 0.0315. The summed E-state index contributed by atoms with van der Waals surface area (Å²) in [5.74, 6) is 0.696. The van der Waals surface area contributed by atoms with Crippen molar-refractivity contribution in [3.63, 3.8) is 0 Å². The molecule has 2 bridgehead atoms. The van der Waals surface area contributed by atoms with Gasteiger partial charge in [-0.1, -0.05) is 13.8 Å². The highest BCUT2D eigenvalue weighted by Crippen LogP contribution is 2.60. The molecule has 2 saturated carbocycles. The summed E-state index contributed by atoms with van der Waals surface area (Å²) < 4.78 is 31.9. The molecular formula is C23H26F2N6O. The maximum atomic E-state index is 15.4. The zero-order valence-electron chi connectivity index (χ0n) is 18.3. The van der Waals surface area contributed by atoms with Crippen molar-refractivity contribution in [3.05, 3.63) is 43.1 Å². The van der Waals surface area contributed by atoms with Crippen molar-refractivity contribution in [2.45, 2.75) is 51.5 Å². The molecule has 1 N–H and O–H groups in total. The van der Waals surface area contributed by atoms with Crippen LogP contribution < -0.4 is 4.90 Å². The Labute approximate surface area is 185 Å². The highest BCUT2D eigenvalue weighted by molar-refractivity contribution is 5.66. The summed E-state index contributed by atoms with van der Waals surface area (Å²) in [7, 11) is 1.75. The minimum Gasteiger partial charge on any atom is -0.507 e. The number of imidazole rings is 1. The molecule has 2 aromatic heterocycles. The van der Waals surface area contributed by atoms with E-state index in [9.17, 15) is 9.50 Å². The van der Waals surface area contributed by atoms with Crippen molar-refractivity contribution in [1.29, 1.82) is 0 Å². The fourth-order valence-electron chi connectivity index (χ4n) is 5.56. The predicted molar refractivity (Wildman–Crippen MR) is 116 cm³/mol. The number of anilines is 1. The van der Waals surface area contributed by atoms with Crippen LogP contribution in [0.3, 0.4) is 0 Å². The van der Waals surface area contributed by atoms with Gasteiger partial charge in [0.15, 0.2) is 11.6 Å². The second kappa shape index (κ2) is 7.21. The van der Waals surface area contributed by atoms with Gasteiger partial charge in [-0.2, -0.15) is 0 Å². The van der Waals surface area contributed by atoms with Crippen LogP contribution in [0, 0.1) is 10.8 Å². The van der Waals surface area contributed by atoms with Gasteiger partial charge in [-0.05, 0) is 31.4 Å². The van der Waals surface area contributed by atoms with Crippen LogP contribution in [0.15, 0.2) is 43.1 Å². The molecule has 0 unspecified atom stereocenters. The molecule has 0 aliphatic heterocycles. The molecule has 2 heterocycles. The van der Waals surface area contributed by atoms with E-state index in [0.29, 0.717) is 24.2 Å². The SMILES string of the molecule is CN(c1cnc(-c2ccc(-n3ccnc3)cc2O)nn1)[C@@H]1C[C@]2(C)C[C@@](C)(C[C@@H]2F)[C@H]1F. The topological polar surface area (TPSA) is 80.0 Å². The van der Waals surface area contributed by atoms with Crippen LogP contribution in [0.1, 0.15) is 33.1 Å². The summed E-state index contributed by atoms with van der Waals surface area (Å²) in [6.07, 6.45) is 5.66. The smallest absolute Gasteiger partial charge is 0.185 e. The van der Waals surface area contributed by atoms with E-state index in [-0.39, 0.29) is 18.0 Å².